The fraction of sp³-hybridized carbons (Fsp3) is 0.476. The summed E-state index contributed by atoms with van der Waals surface area (Å²) in [5.41, 5.74) is 0.309. The SMILES string of the molecule is O=S(=O)(Nc1cccc(F)n1)c1cc(Cl)c(NC2CCCC[C@@H]2N2CCC(O)C2)cc1F. The van der Waals surface area contributed by atoms with Gasteiger partial charge in [-0.15, -0.1) is 0 Å². The number of hydrogen-bond donors (Lipinski definition) is 3. The van der Waals surface area contributed by atoms with Gasteiger partial charge < -0.3 is 10.4 Å². The van der Waals surface area contributed by atoms with Gasteiger partial charge in [0.05, 0.1) is 16.8 Å². The Hall–Kier alpha value is -2.01. The highest BCUT2D eigenvalue weighted by molar-refractivity contribution is 7.92. The molecule has 4 rings (SSSR count). The lowest BCUT2D eigenvalue weighted by Crippen LogP contribution is -2.48. The normalized spacial score (nSPS) is 24.4. The molecule has 3 N–H and O–H groups in total. The molecule has 0 bridgehead atoms. The summed E-state index contributed by atoms with van der Waals surface area (Å²) in [5, 5.41) is 13.2. The third-order valence-electron chi connectivity index (χ3n) is 6.00. The molecule has 1 aliphatic carbocycles. The maximum Gasteiger partial charge on any atom is 0.266 e. The van der Waals surface area contributed by atoms with Crippen molar-refractivity contribution >= 4 is 33.1 Å². The van der Waals surface area contributed by atoms with Crippen LogP contribution in [0, 0.1) is 11.8 Å². The molecule has 1 aliphatic heterocycles. The van der Waals surface area contributed by atoms with Crippen LogP contribution in [-0.2, 0) is 10.0 Å². The summed E-state index contributed by atoms with van der Waals surface area (Å²) in [6, 6.07) is 5.91. The molecule has 2 aromatic rings. The van der Waals surface area contributed by atoms with Crippen molar-refractivity contribution in [3.63, 3.8) is 0 Å². The van der Waals surface area contributed by atoms with E-state index in [4.69, 9.17) is 11.6 Å². The van der Waals surface area contributed by atoms with Crippen molar-refractivity contribution in [3.8, 4) is 0 Å². The second kappa shape index (κ2) is 9.46. The van der Waals surface area contributed by atoms with Gasteiger partial charge in [-0.1, -0.05) is 30.5 Å². The number of sulfonamides is 1. The molecule has 32 heavy (non-hydrogen) atoms. The number of β-amino-alcohol motifs (C(OH)–C–C–N with tert-alkyl or cyclic N) is 1. The van der Waals surface area contributed by atoms with Crippen molar-refractivity contribution in [1.82, 2.24) is 9.88 Å². The highest BCUT2D eigenvalue weighted by Gasteiger charge is 2.34. The maximum absolute atomic E-state index is 14.9. The standard InChI is InChI=1S/C21H25ClF2N4O3S/c22-14-10-19(32(30,31)27-21-7-3-6-20(24)26-21)15(23)11-17(14)25-16-4-1-2-5-18(16)28-9-8-13(29)12-28/h3,6-7,10-11,13,16,18,25,29H,1-2,4-5,8-9,12H2,(H,26,27)/t13?,16?,18-/m0/s1. The largest absolute Gasteiger partial charge is 0.392 e. The molecule has 3 atom stereocenters. The Morgan fingerprint density at radius 3 is 2.66 bits per heavy atom. The zero-order chi connectivity index (χ0) is 22.9. The molecule has 2 heterocycles. The fourth-order valence-corrected chi connectivity index (χ4v) is 5.86. The second-order valence-corrected chi connectivity index (χ2v) is 10.3. The predicted octanol–water partition coefficient (Wildman–Crippen LogP) is 3.60. The molecule has 7 nitrogen and oxygen atoms in total. The first-order chi connectivity index (χ1) is 15.2. The molecule has 11 heteroatoms. The van der Waals surface area contributed by atoms with E-state index in [-0.39, 0.29) is 29.0 Å². The van der Waals surface area contributed by atoms with Crippen LogP contribution >= 0.6 is 11.6 Å². The van der Waals surface area contributed by atoms with Crippen molar-refractivity contribution in [2.75, 3.05) is 23.1 Å². The van der Waals surface area contributed by atoms with Gasteiger partial charge in [-0.25, -0.2) is 17.8 Å². The Morgan fingerprint density at radius 2 is 1.94 bits per heavy atom. The summed E-state index contributed by atoms with van der Waals surface area (Å²) in [4.78, 5) is 5.03. The molecule has 1 saturated carbocycles. The average Bonchev–Trinajstić information content (AvgIpc) is 3.16. The number of hydrogen-bond acceptors (Lipinski definition) is 6. The molecule has 1 aromatic carbocycles. The van der Waals surface area contributed by atoms with Crippen molar-refractivity contribution < 1.29 is 22.3 Å². The van der Waals surface area contributed by atoms with Crippen molar-refractivity contribution in [1.29, 1.82) is 0 Å². The quantitative estimate of drug-likeness (QED) is 0.540. The lowest BCUT2D eigenvalue weighted by molar-refractivity contribution is 0.135. The number of likely N-dealkylation sites (tertiary alicyclic amines) is 1. The van der Waals surface area contributed by atoms with Crippen LogP contribution in [-0.4, -0.2) is 54.7 Å². The Balaban J connectivity index is 1.54. The summed E-state index contributed by atoms with van der Waals surface area (Å²) in [5.74, 6) is -2.11. The first-order valence-electron chi connectivity index (χ1n) is 10.6. The van der Waals surface area contributed by atoms with Crippen molar-refractivity contribution in [2.45, 2.75) is 55.2 Å². The van der Waals surface area contributed by atoms with Gasteiger partial charge in [0.1, 0.15) is 16.5 Å². The number of anilines is 2. The fourth-order valence-electron chi connectivity index (χ4n) is 4.49. The van der Waals surface area contributed by atoms with Crippen molar-refractivity contribution in [2.24, 2.45) is 0 Å². The minimum absolute atomic E-state index is 0.00280. The molecule has 1 aromatic heterocycles. The number of rotatable bonds is 6. The van der Waals surface area contributed by atoms with Gasteiger partial charge in [-0.3, -0.25) is 9.62 Å². The number of nitrogens with zero attached hydrogens (tertiary/aromatic N) is 2. The lowest BCUT2D eigenvalue weighted by atomic mass is 9.89. The van der Waals surface area contributed by atoms with Gasteiger partial charge in [0.15, 0.2) is 0 Å². The summed E-state index contributed by atoms with van der Waals surface area (Å²) < 4.78 is 55.4. The summed E-state index contributed by atoms with van der Waals surface area (Å²) >= 11 is 6.33. The van der Waals surface area contributed by atoms with E-state index < -0.39 is 26.7 Å². The van der Waals surface area contributed by atoms with Crippen molar-refractivity contribution in [3.05, 3.63) is 47.1 Å². The average molecular weight is 487 g/mol. The minimum Gasteiger partial charge on any atom is -0.392 e. The topological polar surface area (TPSA) is 94.6 Å². The molecule has 2 unspecified atom stereocenters. The number of pyridine rings is 1. The molecular formula is C21H25ClF2N4O3S. The highest BCUT2D eigenvalue weighted by atomic mass is 35.5. The maximum atomic E-state index is 14.9. The zero-order valence-electron chi connectivity index (χ0n) is 17.3. The zero-order valence-corrected chi connectivity index (χ0v) is 18.8. The Morgan fingerprint density at radius 1 is 1.16 bits per heavy atom. The number of aliphatic hydroxyl groups is 1. The molecule has 1 saturated heterocycles. The van der Waals surface area contributed by atoms with Crippen LogP contribution in [0.3, 0.4) is 0 Å². The Kier molecular flexibility index (Phi) is 6.85. The van der Waals surface area contributed by atoms with Gasteiger partial charge in [-0.2, -0.15) is 4.39 Å². The van der Waals surface area contributed by atoms with Gasteiger partial charge in [0.25, 0.3) is 10.0 Å². The van der Waals surface area contributed by atoms with Crippen LogP contribution in [0.15, 0.2) is 35.2 Å². The van der Waals surface area contributed by atoms with E-state index in [1.54, 1.807) is 0 Å². The lowest BCUT2D eigenvalue weighted by Gasteiger charge is -2.39. The van der Waals surface area contributed by atoms with E-state index in [1.165, 1.54) is 12.1 Å². The van der Waals surface area contributed by atoms with E-state index in [1.807, 2.05) is 0 Å². The van der Waals surface area contributed by atoms with Crippen LogP contribution in [0.5, 0.6) is 0 Å². The number of aliphatic hydroxyl groups excluding tert-OH is 1. The summed E-state index contributed by atoms with van der Waals surface area (Å²) in [6.07, 6.45) is 4.32. The van der Waals surface area contributed by atoms with E-state index >= 15 is 0 Å². The molecule has 0 amide bonds. The van der Waals surface area contributed by atoms with E-state index in [9.17, 15) is 22.3 Å². The van der Waals surface area contributed by atoms with E-state index in [2.05, 4.69) is 19.9 Å². The summed E-state index contributed by atoms with van der Waals surface area (Å²) in [6.45, 7) is 1.42. The van der Waals surface area contributed by atoms with E-state index in [0.29, 0.717) is 12.2 Å². The van der Waals surface area contributed by atoms with E-state index in [0.717, 1.165) is 56.8 Å². The third-order valence-corrected chi connectivity index (χ3v) is 7.68. The Bertz CT molecular complexity index is 1090. The van der Waals surface area contributed by atoms with Gasteiger partial charge >= 0.3 is 0 Å². The predicted molar refractivity (Wildman–Crippen MR) is 118 cm³/mol. The molecule has 0 radical (unpaired) electrons. The van der Waals surface area contributed by atoms with Crippen LogP contribution in [0.4, 0.5) is 20.3 Å². The highest BCUT2D eigenvalue weighted by Crippen LogP contribution is 2.33. The first-order valence-corrected chi connectivity index (χ1v) is 12.4. The molecule has 2 aliphatic rings. The second-order valence-electron chi connectivity index (χ2n) is 8.25. The van der Waals surface area contributed by atoms with Crippen LogP contribution in [0.2, 0.25) is 5.02 Å². The monoisotopic (exact) mass is 486 g/mol. The minimum atomic E-state index is -4.37. The Labute approximate surface area is 190 Å². The third kappa shape index (κ3) is 5.14. The van der Waals surface area contributed by atoms with Crippen LogP contribution in [0.25, 0.3) is 0 Å². The number of nitrogens with one attached hydrogen (secondary N) is 2. The summed E-state index contributed by atoms with van der Waals surface area (Å²) in [7, 11) is -4.37. The number of benzene rings is 1. The van der Waals surface area contributed by atoms with Gasteiger partial charge in [0, 0.05) is 25.2 Å². The van der Waals surface area contributed by atoms with Gasteiger partial charge in [-0.05, 0) is 43.5 Å². The molecule has 2 fully saturated rings. The smallest absolute Gasteiger partial charge is 0.266 e. The van der Waals surface area contributed by atoms with Gasteiger partial charge in [0.2, 0.25) is 5.95 Å². The van der Waals surface area contributed by atoms with Crippen LogP contribution in [0.1, 0.15) is 32.1 Å². The molecular weight excluding hydrogens is 462 g/mol. The molecule has 0 spiro atoms. The van der Waals surface area contributed by atoms with Crippen LogP contribution < -0.4 is 10.0 Å². The number of aromatic nitrogens is 1. The first kappa shape index (κ1) is 23.2. The number of halogens is 3. The molecule has 174 valence electrons.